The molecule has 0 atom stereocenters. The Kier molecular flexibility index (Phi) is 6.52. The summed E-state index contributed by atoms with van der Waals surface area (Å²) in [6.45, 7) is 2.17. The highest BCUT2D eigenvalue weighted by atomic mass is 79.9. The van der Waals surface area contributed by atoms with Gasteiger partial charge in [0.25, 0.3) is 12.0 Å². The van der Waals surface area contributed by atoms with Crippen molar-refractivity contribution in [2.45, 2.75) is 26.8 Å². The fourth-order valence-corrected chi connectivity index (χ4v) is 3.44. The second-order valence-electron chi connectivity index (χ2n) is 6.68. The van der Waals surface area contributed by atoms with Crippen LogP contribution in [-0.4, -0.2) is 21.9 Å². The molecule has 0 N–H and O–H groups in total. The standard InChI is InChI=1S/C20H15BrClF3N2O3/c1-9(2)20(29)30-17-10-4-3-7-26-18(10)27(8-13(24)25)19(28)15(17)14-12(23)6-5-11(21)16(14)22/h3-7,9,13H,8H2,1-2H3. The lowest BCUT2D eigenvalue weighted by molar-refractivity contribution is -0.137. The van der Waals surface area contributed by atoms with Crippen LogP contribution >= 0.6 is 27.5 Å². The van der Waals surface area contributed by atoms with Crippen LogP contribution in [0.1, 0.15) is 13.8 Å². The van der Waals surface area contributed by atoms with E-state index in [0.717, 1.165) is 10.6 Å². The van der Waals surface area contributed by atoms with E-state index in [0.29, 0.717) is 0 Å². The smallest absolute Gasteiger partial charge is 0.313 e. The highest BCUT2D eigenvalue weighted by Gasteiger charge is 2.28. The minimum absolute atomic E-state index is 0.0946. The topological polar surface area (TPSA) is 61.2 Å². The first-order valence-electron chi connectivity index (χ1n) is 8.78. The number of carbonyl (C=O) groups excluding carboxylic acids is 1. The monoisotopic (exact) mass is 502 g/mol. The van der Waals surface area contributed by atoms with Crippen molar-refractivity contribution in [2.24, 2.45) is 5.92 Å². The van der Waals surface area contributed by atoms with E-state index in [1.54, 1.807) is 13.8 Å². The number of hydrogen-bond donors (Lipinski definition) is 0. The zero-order valence-corrected chi connectivity index (χ0v) is 18.1. The molecule has 0 unspecified atom stereocenters. The summed E-state index contributed by atoms with van der Waals surface area (Å²) in [6.07, 6.45) is -1.57. The van der Waals surface area contributed by atoms with Crippen LogP contribution in [0.3, 0.4) is 0 Å². The summed E-state index contributed by atoms with van der Waals surface area (Å²) >= 11 is 9.41. The van der Waals surface area contributed by atoms with Crippen molar-refractivity contribution in [3.8, 4) is 16.9 Å². The van der Waals surface area contributed by atoms with Gasteiger partial charge in [-0.3, -0.25) is 14.2 Å². The highest BCUT2D eigenvalue weighted by Crippen LogP contribution is 2.41. The molecule has 0 aliphatic carbocycles. The molecule has 0 spiro atoms. The Morgan fingerprint density at radius 3 is 2.60 bits per heavy atom. The summed E-state index contributed by atoms with van der Waals surface area (Å²) in [7, 11) is 0. The SMILES string of the molecule is CC(C)C(=O)Oc1c(-c2c(F)ccc(Br)c2Cl)c(=O)n(CC(F)F)c2ncccc12. The Hall–Kier alpha value is -2.39. The fraction of sp³-hybridized carbons (Fsp3) is 0.250. The van der Waals surface area contributed by atoms with Crippen molar-refractivity contribution in [3.63, 3.8) is 0 Å². The van der Waals surface area contributed by atoms with E-state index < -0.39 is 41.8 Å². The van der Waals surface area contributed by atoms with Crippen LogP contribution in [0, 0.1) is 11.7 Å². The van der Waals surface area contributed by atoms with Gasteiger partial charge in [-0.25, -0.2) is 18.2 Å². The van der Waals surface area contributed by atoms with Gasteiger partial charge in [-0.2, -0.15) is 0 Å². The highest BCUT2D eigenvalue weighted by molar-refractivity contribution is 9.10. The predicted octanol–water partition coefficient (Wildman–Crippen LogP) is 5.45. The molecule has 5 nitrogen and oxygen atoms in total. The zero-order chi connectivity index (χ0) is 22.2. The lowest BCUT2D eigenvalue weighted by Crippen LogP contribution is -2.28. The maximum atomic E-state index is 14.8. The molecule has 0 aliphatic heterocycles. The Morgan fingerprint density at radius 2 is 1.97 bits per heavy atom. The van der Waals surface area contributed by atoms with Gasteiger partial charge in [0.15, 0.2) is 5.75 Å². The lowest BCUT2D eigenvalue weighted by atomic mass is 10.0. The zero-order valence-electron chi connectivity index (χ0n) is 15.8. The molecule has 158 valence electrons. The van der Waals surface area contributed by atoms with Crippen LogP contribution in [0.15, 0.2) is 39.7 Å². The van der Waals surface area contributed by atoms with Gasteiger partial charge < -0.3 is 4.74 Å². The number of fused-ring (bicyclic) bond motifs is 1. The van der Waals surface area contributed by atoms with Crippen LogP contribution < -0.4 is 10.3 Å². The number of halogens is 5. The van der Waals surface area contributed by atoms with Gasteiger partial charge in [0.05, 0.1) is 28.4 Å². The largest absolute Gasteiger partial charge is 0.425 e. The summed E-state index contributed by atoms with van der Waals surface area (Å²) in [5, 5.41) is -0.0713. The molecule has 0 saturated heterocycles. The summed E-state index contributed by atoms with van der Waals surface area (Å²) in [4.78, 5) is 29.6. The molecule has 0 radical (unpaired) electrons. The maximum Gasteiger partial charge on any atom is 0.313 e. The number of alkyl halides is 2. The van der Waals surface area contributed by atoms with Crippen LogP contribution in [0.2, 0.25) is 5.02 Å². The minimum atomic E-state index is -2.88. The molecule has 30 heavy (non-hydrogen) atoms. The summed E-state index contributed by atoms with van der Waals surface area (Å²) in [6, 6.07) is 5.32. The molecule has 10 heteroatoms. The third-order valence-corrected chi connectivity index (χ3v) is 5.54. The van der Waals surface area contributed by atoms with Crippen molar-refractivity contribution in [1.82, 2.24) is 9.55 Å². The molecule has 3 rings (SSSR count). The predicted molar refractivity (Wildman–Crippen MR) is 111 cm³/mol. The normalized spacial score (nSPS) is 11.5. The third-order valence-electron chi connectivity index (χ3n) is 4.26. The van der Waals surface area contributed by atoms with Crippen molar-refractivity contribution in [2.75, 3.05) is 0 Å². The van der Waals surface area contributed by atoms with Gasteiger partial charge in [-0.05, 0) is 40.2 Å². The van der Waals surface area contributed by atoms with E-state index in [2.05, 4.69) is 20.9 Å². The number of rotatable bonds is 5. The van der Waals surface area contributed by atoms with E-state index in [4.69, 9.17) is 16.3 Å². The second-order valence-corrected chi connectivity index (χ2v) is 7.91. The summed E-state index contributed by atoms with van der Waals surface area (Å²) < 4.78 is 47.7. The molecule has 2 heterocycles. The molecule has 0 saturated carbocycles. The van der Waals surface area contributed by atoms with Crippen LogP contribution in [0.25, 0.3) is 22.2 Å². The number of nitrogens with zero attached hydrogens (tertiary/aromatic N) is 2. The average Bonchev–Trinajstić information content (AvgIpc) is 2.69. The molecule has 2 aromatic heterocycles. The maximum absolute atomic E-state index is 14.8. The molecular weight excluding hydrogens is 489 g/mol. The van der Waals surface area contributed by atoms with E-state index in [1.807, 2.05) is 0 Å². The van der Waals surface area contributed by atoms with E-state index in [9.17, 15) is 22.8 Å². The first kappa shape index (κ1) is 22.3. The van der Waals surface area contributed by atoms with Crippen LogP contribution in [-0.2, 0) is 11.3 Å². The lowest BCUT2D eigenvalue weighted by Gasteiger charge is -2.19. The quantitative estimate of drug-likeness (QED) is 0.343. The number of ether oxygens (including phenoxy) is 1. The summed E-state index contributed by atoms with van der Waals surface area (Å²) in [5.41, 5.74) is -1.93. The number of hydrogen-bond acceptors (Lipinski definition) is 4. The fourth-order valence-electron chi connectivity index (χ4n) is 2.86. The van der Waals surface area contributed by atoms with Gasteiger partial charge in [0.1, 0.15) is 11.5 Å². The van der Waals surface area contributed by atoms with Crippen molar-refractivity contribution in [1.29, 1.82) is 0 Å². The van der Waals surface area contributed by atoms with E-state index in [-0.39, 0.29) is 31.8 Å². The van der Waals surface area contributed by atoms with Crippen molar-refractivity contribution in [3.05, 3.63) is 56.1 Å². The number of pyridine rings is 2. The van der Waals surface area contributed by atoms with Crippen LogP contribution in [0.4, 0.5) is 13.2 Å². The minimum Gasteiger partial charge on any atom is -0.425 e. The molecule has 1 aromatic carbocycles. The van der Waals surface area contributed by atoms with Gasteiger partial charge in [0, 0.05) is 16.2 Å². The number of esters is 1. The molecule has 0 amide bonds. The molecule has 0 aliphatic rings. The van der Waals surface area contributed by atoms with Gasteiger partial charge >= 0.3 is 5.97 Å². The Balaban J connectivity index is 2.51. The third kappa shape index (κ3) is 4.09. The second kappa shape index (κ2) is 8.77. The van der Waals surface area contributed by atoms with Crippen molar-refractivity contribution < 1.29 is 22.7 Å². The summed E-state index contributed by atoms with van der Waals surface area (Å²) in [5.74, 6) is -2.44. The Labute approximate surface area is 182 Å². The number of aromatic nitrogens is 2. The van der Waals surface area contributed by atoms with E-state index >= 15 is 0 Å². The number of carbonyl (C=O) groups is 1. The molecular formula is C20H15BrClF3N2O3. The number of benzene rings is 1. The van der Waals surface area contributed by atoms with Gasteiger partial charge in [-0.1, -0.05) is 25.4 Å². The first-order valence-corrected chi connectivity index (χ1v) is 9.95. The molecule has 0 bridgehead atoms. The molecule has 3 aromatic rings. The first-order chi connectivity index (χ1) is 14.1. The van der Waals surface area contributed by atoms with Crippen molar-refractivity contribution >= 4 is 44.5 Å². The Morgan fingerprint density at radius 1 is 1.27 bits per heavy atom. The average molecular weight is 504 g/mol. The molecule has 0 fully saturated rings. The Bertz CT molecular complexity index is 1200. The van der Waals surface area contributed by atoms with E-state index in [1.165, 1.54) is 24.4 Å². The van der Waals surface area contributed by atoms with Gasteiger partial charge in [-0.15, -0.1) is 0 Å². The van der Waals surface area contributed by atoms with Gasteiger partial charge in [0.2, 0.25) is 0 Å². The van der Waals surface area contributed by atoms with Crippen LogP contribution in [0.5, 0.6) is 5.75 Å².